The van der Waals surface area contributed by atoms with Crippen LogP contribution in [0.5, 0.6) is 0 Å². The van der Waals surface area contributed by atoms with Gasteiger partial charge in [-0.2, -0.15) is 0 Å². The van der Waals surface area contributed by atoms with Crippen LogP contribution in [0.4, 0.5) is 5.69 Å². The average molecular weight is 635 g/mol. The zero-order chi connectivity index (χ0) is 28.7. The van der Waals surface area contributed by atoms with Crippen molar-refractivity contribution in [3.8, 4) is 0 Å². The summed E-state index contributed by atoms with van der Waals surface area (Å²) in [5, 5.41) is 3.31. The molecule has 1 N–H and O–H groups in total. The molecule has 0 aliphatic carbocycles. The molecular weight excluding hydrogens is 602 g/mol. The molecule has 1 atom stereocenters. The van der Waals surface area contributed by atoms with Crippen molar-refractivity contribution < 1.29 is 18.0 Å². The van der Waals surface area contributed by atoms with Crippen LogP contribution in [0.25, 0.3) is 0 Å². The lowest BCUT2D eigenvalue weighted by atomic mass is 10.1. The molecule has 0 fully saturated rings. The molecule has 0 bridgehead atoms. The molecule has 0 heterocycles. The minimum absolute atomic E-state index is 0.0334. The van der Waals surface area contributed by atoms with Crippen LogP contribution in [-0.2, 0) is 26.2 Å². The van der Waals surface area contributed by atoms with E-state index in [0.29, 0.717) is 27.3 Å². The van der Waals surface area contributed by atoms with Gasteiger partial charge in [0, 0.05) is 22.6 Å². The third-order valence-electron chi connectivity index (χ3n) is 6.13. The maximum atomic E-state index is 13.9. The first-order chi connectivity index (χ1) is 18.4. The molecule has 3 aromatic carbocycles. The van der Waals surface area contributed by atoms with Gasteiger partial charge in [-0.05, 0) is 61.7 Å². The van der Waals surface area contributed by atoms with Crippen molar-refractivity contribution in [1.82, 2.24) is 10.2 Å². The summed E-state index contributed by atoms with van der Waals surface area (Å²) in [5.74, 6) is -0.655. The highest BCUT2D eigenvalue weighted by Crippen LogP contribution is 2.27. The topological polar surface area (TPSA) is 86.8 Å². The largest absolute Gasteiger partial charge is 0.354 e. The van der Waals surface area contributed by atoms with Gasteiger partial charge >= 0.3 is 0 Å². The molecule has 0 aliphatic rings. The zero-order valence-corrected chi connectivity index (χ0v) is 25.6. The van der Waals surface area contributed by atoms with Crippen molar-refractivity contribution in [2.45, 2.75) is 45.2 Å². The van der Waals surface area contributed by atoms with Crippen molar-refractivity contribution in [2.24, 2.45) is 5.92 Å². The van der Waals surface area contributed by atoms with Gasteiger partial charge in [0.05, 0.1) is 10.6 Å². The fourth-order valence-electron chi connectivity index (χ4n) is 3.84. The Balaban J connectivity index is 2.02. The highest BCUT2D eigenvalue weighted by molar-refractivity contribution is 9.10. The summed E-state index contributed by atoms with van der Waals surface area (Å²) in [4.78, 5) is 28.4. The smallest absolute Gasteiger partial charge is 0.264 e. The number of benzene rings is 3. The van der Waals surface area contributed by atoms with E-state index >= 15 is 0 Å². The fraction of sp³-hybridized carbons (Fsp3) is 0.310. The second kappa shape index (κ2) is 13.5. The van der Waals surface area contributed by atoms with Gasteiger partial charge in [-0.1, -0.05) is 83.3 Å². The highest BCUT2D eigenvalue weighted by atomic mass is 79.9. The lowest BCUT2D eigenvalue weighted by molar-refractivity contribution is -0.139. The van der Waals surface area contributed by atoms with E-state index in [1.165, 1.54) is 17.0 Å². The maximum absolute atomic E-state index is 13.9. The number of rotatable bonds is 11. The third-order valence-corrected chi connectivity index (χ3v) is 8.78. The lowest BCUT2D eigenvalue weighted by Gasteiger charge is -2.32. The Kier molecular flexibility index (Phi) is 10.6. The van der Waals surface area contributed by atoms with Gasteiger partial charge in [0.2, 0.25) is 11.8 Å². The number of nitrogens with zero attached hydrogens (tertiary/aromatic N) is 2. The van der Waals surface area contributed by atoms with Crippen molar-refractivity contribution in [1.29, 1.82) is 0 Å². The predicted octanol–water partition coefficient (Wildman–Crippen LogP) is 5.80. The molecular formula is C29H33BrClN3O4S. The van der Waals surface area contributed by atoms with Gasteiger partial charge < -0.3 is 10.2 Å². The van der Waals surface area contributed by atoms with E-state index in [9.17, 15) is 18.0 Å². The van der Waals surface area contributed by atoms with Crippen LogP contribution in [0.1, 0.15) is 31.9 Å². The number of hydrogen-bond donors (Lipinski definition) is 1. The van der Waals surface area contributed by atoms with Gasteiger partial charge in [0.1, 0.15) is 12.6 Å². The van der Waals surface area contributed by atoms with E-state index in [4.69, 9.17) is 11.6 Å². The number of nitrogens with one attached hydrogen (secondary N) is 1. The van der Waals surface area contributed by atoms with Crippen LogP contribution in [-0.4, -0.2) is 44.3 Å². The Bertz CT molecular complexity index is 1410. The molecule has 0 aromatic heterocycles. The minimum atomic E-state index is -4.13. The first-order valence-corrected chi connectivity index (χ1v) is 15.2. The highest BCUT2D eigenvalue weighted by Gasteiger charge is 2.32. The van der Waals surface area contributed by atoms with E-state index < -0.39 is 28.5 Å². The van der Waals surface area contributed by atoms with E-state index in [1.807, 2.05) is 20.8 Å². The Morgan fingerprint density at radius 1 is 0.974 bits per heavy atom. The summed E-state index contributed by atoms with van der Waals surface area (Å²) >= 11 is 9.79. The number of aryl methyl sites for hydroxylation is 1. The lowest BCUT2D eigenvalue weighted by Crippen LogP contribution is -2.51. The van der Waals surface area contributed by atoms with Gasteiger partial charge in [-0.25, -0.2) is 8.42 Å². The van der Waals surface area contributed by atoms with Crippen molar-refractivity contribution in [2.75, 3.05) is 17.4 Å². The normalized spacial score (nSPS) is 12.2. The summed E-state index contributed by atoms with van der Waals surface area (Å²) in [6, 6.07) is 19.4. The first-order valence-electron chi connectivity index (χ1n) is 12.6. The van der Waals surface area contributed by atoms with Crippen molar-refractivity contribution >= 4 is 55.1 Å². The Labute approximate surface area is 244 Å². The number of sulfonamides is 1. The van der Waals surface area contributed by atoms with Gasteiger partial charge in [-0.15, -0.1) is 0 Å². The molecule has 0 radical (unpaired) electrons. The molecule has 0 spiro atoms. The van der Waals surface area contributed by atoms with Crippen molar-refractivity contribution in [3.63, 3.8) is 0 Å². The monoisotopic (exact) mass is 633 g/mol. The second-order valence-corrected chi connectivity index (χ2v) is 12.9. The predicted molar refractivity (Wildman–Crippen MR) is 159 cm³/mol. The number of amides is 2. The zero-order valence-electron chi connectivity index (χ0n) is 22.4. The molecule has 3 rings (SSSR count). The van der Waals surface area contributed by atoms with Crippen LogP contribution < -0.4 is 9.62 Å². The van der Waals surface area contributed by atoms with Crippen molar-refractivity contribution in [3.05, 3.63) is 93.4 Å². The van der Waals surface area contributed by atoms with E-state index in [0.717, 1.165) is 9.87 Å². The molecule has 7 nitrogen and oxygen atoms in total. The molecule has 208 valence electrons. The summed E-state index contributed by atoms with van der Waals surface area (Å²) < 4.78 is 29.4. The average Bonchev–Trinajstić information content (AvgIpc) is 2.89. The molecule has 3 aromatic rings. The van der Waals surface area contributed by atoms with Gasteiger partial charge in [0.15, 0.2) is 0 Å². The van der Waals surface area contributed by atoms with Gasteiger partial charge in [-0.3, -0.25) is 13.9 Å². The molecule has 10 heteroatoms. The molecule has 0 aliphatic heterocycles. The van der Waals surface area contributed by atoms with Crippen LogP contribution in [0.3, 0.4) is 0 Å². The minimum Gasteiger partial charge on any atom is -0.354 e. The maximum Gasteiger partial charge on any atom is 0.264 e. The number of halogens is 2. The molecule has 39 heavy (non-hydrogen) atoms. The number of hydrogen-bond acceptors (Lipinski definition) is 4. The molecule has 2 amide bonds. The molecule has 0 saturated heterocycles. The Morgan fingerprint density at radius 2 is 1.64 bits per heavy atom. The quantitative estimate of drug-likeness (QED) is 0.289. The van der Waals surface area contributed by atoms with Crippen LogP contribution in [0.15, 0.2) is 82.2 Å². The molecule has 0 unspecified atom stereocenters. The summed E-state index contributed by atoms with van der Waals surface area (Å²) in [6.45, 7) is 7.41. The number of carbonyl (C=O) groups is 2. The van der Waals surface area contributed by atoms with E-state index in [-0.39, 0.29) is 23.3 Å². The second-order valence-electron chi connectivity index (χ2n) is 9.73. The summed E-state index contributed by atoms with van der Waals surface area (Å²) in [6.07, 6.45) is 0. The third kappa shape index (κ3) is 8.06. The van der Waals surface area contributed by atoms with Gasteiger partial charge in [0.25, 0.3) is 10.0 Å². The summed E-state index contributed by atoms with van der Waals surface area (Å²) in [5.41, 5.74) is 1.87. The fourth-order valence-corrected chi connectivity index (χ4v) is 5.83. The van der Waals surface area contributed by atoms with Crippen LogP contribution in [0.2, 0.25) is 5.02 Å². The van der Waals surface area contributed by atoms with E-state index in [1.54, 1.807) is 67.6 Å². The van der Waals surface area contributed by atoms with Crippen LogP contribution in [0, 0.1) is 12.8 Å². The van der Waals surface area contributed by atoms with Crippen LogP contribution >= 0.6 is 27.5 Å². The molecule has 0 saturated carbocycles. The van der Waals surface area contributed by atoms with E-state index in [2.05, 4.69) is 21.2 Å². The standard InChI is InChI=1S/C29H33BrClN3O4S/c1-20(2)17-32-29(36)22(4)33(18-23-8-5-6-11-27(23)31)28(35)19-34(25-10-7-9-24(30)16-25)39(37,38)26-14-12-21(3)13-15-26/h5-16,20,22H,17-19H2,1-4H3,(H,32,36)/t22-/m0/s1. The Hall–Kier alpha value is -2.88. The SMILES string of the molecule is Cc1ccc(S(=O)(=O)N(CC(=O)N(Cc2ccccc2Cl)[C@@H](C)C(=O)NCC(C)C)c2cccc(Br)c2)cc1. The Morgan fingerprint density at radius 3 is 2.26 bits per heavy atom. The summed E-state index contributed by atoms with van der Waals surface area (Å²) in [7, 11) is -4.13. The number of carbonyl (C=O) groups excluding carboxylic acids is 2. The number of anilines is 1. The first kappa shape index (κ1) is 30.7.